The number of nitrogens with zero attached hydrogens (tertiary/aromatic N) is 1. The van der Waals surface area contributed by atoms with Crippen LogP contribution in [-0.4, -0.2) is 36.1 Å². The normalized spacial score (nSPS) is 11.9. The standard InChI is InChI=1S/C24H21FN2O6S/c1-3-33-22(29)13-21-27(14-20(28)26-18-6-4-5-17(25)12-18)23(30)19(34-21)11-15-7-9-16(10-8-15)24(31)32-2/h4-13H,3,14H2,1-2H3,(H,26,28)/b19-11-,21-13-. The van der Waals surface area contributed by atoms with Crippen molar-refractivity contribution in [1.29, 1.82) is 0 Å². The molecule has 3 aromatic rings. The number of aromatic nitrogens is 1. The molecule has 1 aromatic heterocycles. The Labute approximate surface area is 197 Å². The number of amides is 1. The van der Waals surface area contributed by atoms with Crippen LogP contribution in [0.3, 0.4) is 0 Å². The number of ether oxygens (including phenoxy) is 2. The number of halogens is 1. The summed E-state index contributed by atoms with van der Waals surface area (Å²) in [6.45, 7) is 1.40. The molecule has 0 aliphatic heterocycles. The van der Waals surface area contributed by atoms with Crippen LogP contribution in [0.25, 0.3) is 12.2 Å². The third kappa shape index (κ3) is 6.26. The Kier molecular flexibility index (Phi) is 8.10. The van der Waals surface area contributed by atoms with E-state index in [1.807, 2.05) is 0 Å². The van der Waals surface area contributed by atoms with Gasteiger partial charge in [0, 0.05) is 5.69 Å². The summed E-state index contributed by atoms with van der Waals surface area (Å²) >= 11 is 1.01. The first-order valence-electron chi connectivity index (χ1n) is 10.1. The second kappa shape index (κ2) is 11.2. The van der Waals surface area contributed by atoms with Gasteiger partial charge in [0.1, 0.15) is 17.0 Å². The molecule has 0 saturated carbocycles. The van der Waals surface area contributed by atoms with Gasteiger partial charge in [0.15, 0.2) is 0 Å². The fraction of sp³-hybridized carbons (Fsp3) is 0.167. The molecule has 2 aromatic carbocycles. The summed E-state index contributed by atoms with van der Waals surface area (Å²) in [5.74, 6) is -2.23. The van der Waals surface area contributed by atoms with Crippen LogP contribution in [0.15, 0.2) is 53.3 Å². The number of anilines is 1. The minimum Gasteiger partial charge on any atom is -0.465 e. The van der Waals surface area contributed by atoms with Crippen molar-refractivity contribution in [2.45, 2.75) is 13.5 Å². The van der Waals surface area contributed by atoms with E-state index in [1.165, 1.54) is 25.3 Å². The number of thiazole rings is 1. The lowest BCUT2D eigenvalue weighted by molar-refractivity contribution is -0.135. The molecule has 0 aliphatic rings. The third-order valence-corrected chi connectivity index (χ3v) is 5.56. The van der Waals surface area contributed by atoms with Gasteiger partial charge in [-0.05, 0) is 48.9 Å². The van der Waals surface area contributed by atoms with E-state index in [0.717, 1.165) is 28.0 Å². The highest BCUT2D eigenvalue weighted by atomic mass is 32.1. The lowest BCUT2D eigenvalue weighted by Gasteiger charge is -2.06. The SMILES string of the molecule is CCOC(=O)/C=c1\s/c(=C\c2ccc(C(=O)OC)cc2)c(=O)n1CC(=O)Nc1cccc(F)c1. The Morgan fingerprint density at radius 2 is 1.88 bits per heavy atom. The largest absolute Gasteiger partial charge is 0.465 e. The predicted molar refractivity (Wildman–Crippen MR) is 125 cm³/mol. The van der Waals surface area contributed by atoms with Gasteiger partial charge in [0.05, 0.1) is 29.9 Å². The first-order valence-corrected chi connectivity index (χ1v) is 11.0. The summed E-state index contributed by atoms with van der Waals surface area (Å²) in [5, 5.41) is 2.53. The molecule has 1 heterocycles. The van der Waals surface area contributed by atoms with Gasteiger partial charge in [0.25, 0.3) is 5.56 Å². The minimum absolute atomic E-state index is 0.149. The van der Waals surface area contributed by atoms with Crippen molar-refractivity contribution in [3.8, 4) is 0 Å². The summed E-state index contributed by atoms with van der Waals surface area (Å²) in [5.41, 5.74) is 0.729. The number of carbonyl (C=O) groups is 3. The molecule has 0 unspecified atom stereocenters. The van der Waals surface area contributed by atoms with E-state index in [0.29, 0.717) is 11.1 Å². The maximum Gasteiger partial charge on any atom is 0.337 e. The number of hydrogen-bond acceptors (Lipinski definition) is 7. The quantitative estimate of drug-likeness (QED) is 0.512. The lowest BCUT2D eigenvalue weighted by Crippen LogP contribution is -2.36. The highest BCUT2D eigenvalue weighted by Crippen LogP contribution is 2.09. The Hall–Kier alpha value is -4.05. The second-order valence-electron chi connectivity index (χ2n) is 6.91. The molecule has 1 N–H and O–H groups in total. The number of benzene rings is 2. The molecule has 10 heteroatoms. The number of nitrogens with one attached hydrogen (secondary N) is 1. The van der Waals surface area contributed by atoms with Crippen LogP contribution in [0, 0.1) is 5.82 Å². The lowest BCUT2D eigenvalue weighted by atomic mass is 10.1. The average molecular weight is 485 g/mol. The van der Waals surface area contributed by atoms with E-state index >= 15 is 0 Å². The zero-order valence-electron chi connectivity index (χ0n) is 18.4. The maximum atomic E-state index is 13.4. The van der Waals surface area contributed by atoms with Crippen molar-refractivity contribution in [3.63, 3.8) is 0 Å². The number of carbonyl (C=O) groups excluding carboxylic acids is 3. The highest BCUT2D eigenvalue weighted by molar-refractivity contribution is 7.07. The van der Waals surface area contributed by atoms with Gasteiger partial charge in [-0.2, -0.15) is 0 Å². The molecule has 34 heavy (non-hydrogen) atoms. The van der Waals surface area contributed by atoms with Crippen molar-refractivity contribution < 1.29 is 28.2 Å². The summed E-state index contributed by atoms with van der Waals surface area (Å²) in [4.78, 5) is 49.2. The van der Waals surface area contributed by atoms with Gasteiger partial charge in [-0.1, -0.05) is 18.2 Å². The predicted octanol–water partition coefficient (Wildman–Crippen LogP) is 1.65. The fourth-order valence-electron chi connectivity index (χ4n) is 2.97. The van der Waals surface area contributed by atoms with Crippen LogP contribution >= 0.6 is 11.3 Å². The molecular formula is C24H21FN2O6S. The average Bonchev–Trinajstić information content (AvgIpc) is 3.07. The molecular weight excluding hydrogens is 463 g/mol. The smallest absolute Gasteiger partial charge is 0.337 e. The first kappa shape index (κ1) is 24.6. The molecule has 3 rings (SSSR count). The van der Waals surface area contributed by atoms with Crippen molar-refractivity contribution in [2.75, 3.05) is 19.0 Å². The molecule has 0 saturated heterocycles. The fourth-order valence-corrected chi connectivity index (χ4v) is 4.00. The topological polar surface area (TPSA) is 104 Å². The minimum atomic E-state index is -0.656. The van der Waals surface area contributed by atoms with Crippen LogP contribution in [0.2, 0.25) is 0 Å². The number of hydrogen-bond donors (Lipinski definition) is 1. The molecule has 0 spiro atoms. The summed E-state index contributed by atoms with van der Waals surface area (Å²) < 4.78 is 24.6. The zero-order chi connectivity index (χ0) is 24.7. The van der Waals surface area contributed by atoms with Gasteiger partial charge in [-0.3, -0.25) is 14.2 Å². The molecule has 0 aliphatic carbocycles. The second-order valence-corrected chi connectivity index (χ2v) is 7.97. The van der Waals surface area contributed by atoms with Crippen molar-refractivity contribution in [1.82, 2.24) is 4.57 Å². The number of methoxy groups -OCH3 is 1. The van der Waals surface area contributed by atoms with Crippen LogP contribution in [0.4, 0.5) is 10.1 Å². The molecule has 0 atom stereocenters. The summed E-state index contributed by atoms with van der Waals surface area (Å²) in [6, 6.07) is 11.7. The molecule has 0 bridgehead atoms. The van der Waals surface area contributed by atoms with Crippen LogP contribution in [-0.2, 0) is 25.6 Å². The van der Waals surface area contributed by atoms with E-state index in [2.05, 4.69) is 10.1 Å². The molecule has 0 fully saturated rings. The molecule has 0 radical (unpaired) electrons. The summed E-state index contributed by atoms with van der Waals surface area (Å²) in [7, 11) is 1.28. The maximum absolute atomic E-state index is 13.4. The van der Waals surface area contributed by atoms with E-state index in [4.69, 9.17) is 4.74 Å². The van der Waals surface area contributed by atoms with Gasteiger partial charge >= 0.3 is 11.9 Å². The van der Waals surface area contributed by atoms with Gasteiger partial charge in [0.2, 0.25) is 5.91 Å². The Bertz CT molecular complexity index is 1390. The summed E-state index contributed by atoms with van der Waals surface area (Å²) in [6.07, 6.45) is 2.72. The monoisotopic (exact) mass is 484 g/mol. The molecule has 8 nitrogen and oxygen atoms in total. The van der Waals surface area contributed by atoms with Crippen LogP contribution in [0.5, 0.6) is 0 Å². The first-order chi connectivity index (χ1) is 16.3. The van der Waals surface area contributed by atoms with Crippen molar-refractivity contribution in [3.05, 3.63) is 85.0 Å². The van der Waals surface area contributed by atoms with E-state index in [-0.39, 0.29) is 21.5 Å². The Morgan fingerprint density at radius 1 is 1.15 bits per heavy atom. The molecule has 176 valence electrons. The van der Waals surface area contributed by atoms with Gasteiger partial charge in [-0.15, -0.1) is 11.3 Å². The van der Waals surface area contributed by atoms with E-state index < -0.39 is 35.8 Å². The van der Waals surface area contributed by atoms with Gasteiger partial charge < -0.3 is 14.8 Å². The Morgan fingerprint density at radius 3 is 2.53 bits per heavy atom. The Balaban J connectivity index is 1.98. The highest BCUT2D eigenvalue weighted by Gasteiger charge is 2.12. The van der Waals surface area contributed by atoms with Crippen molar-refractivity contribution >= 4 is 47.0 Å². The van der Waals surface area contributed by atoms with E-state index in [1.54, 1.807) is 37.3 Å². The van der Waals surface area contributed by atoms with Gasteiger partial charge in [-0.25, -0.2) is 14.0 Å². The van der Waals surface area contributed by atoms with Crippen molar-refractivity contribution in [2.24, 2.45) is 0 Å². The van der Waals surface area contributed by atoms with E-state index in [9.17, 15) is 23.6 Å². The van der Waals surface area contributed by atoms with Crippen LogP contribution in [0.1, 0.15) is 22.8 Å². The van der Waals surface area contributed by atoms with Crippen LogP contribution < -0.4 is 20.1 Å². The molecule has 1 amide bonds. The number of rotatable bonds is 7. The zero-order valence-corrected chi connectivity index (χ0v) is 19.2. The number of esters is 2. The third-order valence-electron chi connectivity index (χ3n) is 4.50.